The first-order valence-electron chi connectivity index (χ1n) is 7.27. The quantitative estimate of drug-likeness (QED) is 0.802. The van der Waals surface area contributed by atoms with Crippen LogP contribution in [0.1, 0.15) is 32.5 Å². The number of hydrogen-bond donors (Lipinski definition) is 1. The molecule has 3 aromatic rings. The van der Waals surface area contributed by atoms with Crippen molar-refractivity contribution in [2.45, 2.75) is 33.1 Å². The van der Waals surface area contributed by atoms with E-state index in [1.165, 1.54) is 0 Å². The number of carbonyl (C=O) groups excluding carboxylic acids is 1. The first-order chi connectivity index (χ1) is 10.6. The van der Waals surface area contributed by atoms with E-state index in [-0.39, 0.29) is 5.91 Å². The number of benzene rings is 1. The van der Waals surface area contributed by atoms with E-state index in [1.807, 2.05) is 30.4 Å². The van der Waals surface area contributed by atoms with Crippen molar-refractivity contribution < 1.29 is 4.79 Å². The first-order valence-corrected chi connectivity index (χ1v) is 7.65. The molecule has 0 fully saturated rings. The minimum atomic E-state index is -0.0775. The minimum Gasteiger partial charge on any atom is -0.307 e. The highest BCUT2D eigenvalue weighted by molar-refractivity contribution is 6.31. The summed E-state index contributed by atoms with van der Waals surface area (Å²) < 4.78 is 1.90. The maximum atomic E-state index is 11.9. The Hall–Kier alpha value is -2.21. The van der Waals surface area contributed by atoms with Gasteiger partial charge in [0, 0.05) is 17.9 Å². The smallest absolute Gasteiger partial charge is 0.225 e. The Balaban J connectivity index is 2.26. The minimum absolute atomic E-state index is 0.0775. The summed E-state index contributed by atoms with van der Waals surface area (Å²) in [5.41, 5.74) is 2.10. The molecule has 0 unspecified atom stereocenters. The highest BCUT2D eigenvalue weighted by Gasteiger charge is 2.16. The number of fused-ring (bicyclic) bond motifs is 3. The third kappa shape index (κ3) is 2.50. The molecule has 0 aliphatic rings. The van der Waals surface area contributed by atoms with Crippen LogP contribution in [-0.4, -0.2) is 25.5 Å². The predicted octanol–water partition coefficient (Wildman–Crippen LogP) is 3.23. The van der Waals surface area contributed by atoms with E-state index in [0.717, 1.165) is 29.7 Å². The zero-order valence-electron chi connectivity index (χ0n) is 12.4. The average molecular weight is 318 g/mol. The molecule has 7 heteroatoms. The molecule has 0 saturated carbocycles. The second-order valence-corrected chi connectivity index (χ2v) is 5.46. The first kappa shape index (κ1) is 14.7. The summed E-state index contributed by atoms with van der Waals surface area (Å²) in [5, 5.41) is 11.8. The van der Waals surface area contributed by atoms with Crippen LogP contribution in [0.4, 0.5) is 5.82 Å². The second-order valence-electron chi connectivity index (χ2n) is 5.02. The average Bonchev–Trinajstić information content (AvgIpc) is 2.93. The van der Waals surface area contributed by atoms with Crippen LogP contribution >= 0.6 is 11.6 Å². The molecule has 0 bridgehead atoms. The number of aryl methyl sites for hydroxylation is 1. The van der Waals surface area contributed by atoms with Crippen molar-refractivity contribution in [1.82, 2.24) is 19.6 Å². The highest BCUT2D eigenvalue weighted by atomic mass is 35.5. The van der Waals surface area contributed by atoms with Gasteiger partial charge in [0.2, 0.25) is 11.6 Å². The molecular formula is C15H16ClN5O. The normalized spacial score (nSPS) is 11.2. The Kier molecular flexibility index (Phi) is 3.94. The summed E-state index contributed by atoms with van der Waals surface area (Å²) in [4.78, 5) is 16.4. The van der Waals surface area contributed by atoms with Gasteiger partial charge in [-0.25, -0.2) is 4.98 Å². The second kappa shape index (κ2) is 5.88. The van der Waals surface area contributed by atoms with E-state index in [4.69, 9.17) is 11.6 Å². The number of rotatable bonds is 4. The van der Waals surface area contributed by atoms with Crippen LogP contribution in [-0.2, 0) is 11.2 Å². The lowest BCUT2D eigenvalue weighted by Crippen LogP contribution is -2.13. The summed E-state index contributed by atoms with van der Waals surface area (Å²) in [6.07, 6.45) is 1.94. The SMILES string of the molecule is CCCC(=O)Nc1nc2ccc(Cl)cc2n2c(CC)nnc12. The monoisotopic (exact) mass is 317 g/mol. The van der Waals surface area contributed by atoms with Crippen molar-refractivity contribution in [3.8, 4) is 0 Å². The Morgan fingerprint density at radius 3 is 2.86 bits per heavy atom. The predicted molar refractivity (Wildman–Crippen MR) is 86.2 cm³/mol. The molecular weight excluding hydrogens is 302 g/mol. The van der Waals surface area contributed by atoms with Gasteiger partial charge in [-0.15, -0.1) is 10.2 Å². The van der Waals surface area contributed by atoms with Gasteiger partial charge in [-0.2, -0.15) is 0 Å². The van der Waals surface area contributed by atoms with Gasteiger partial charge in [-0.05, 0) is 24.6 Å². The molecule has 3 rings (SSSR count). The lowest BCUT2D eigenvalue weighted by molar-refractivity contribution is -0.116. The van der Waals surface area contributed by atoms with E-state index in [0.29, 0.717) is 22.9 Å². The summed E-state index contributed by atoms with van der Waals surface area (Å²) in [5.74, 6) is 1.15. The van der Waals surface area contributed by atoms with Crippen LogP contribution in [0.3, 0.4) is 0 Å². The summed E-state index contributed by atoms with van der Waals surface area (Å²) in [6, 6.07) is 5.43. The van der Waals surface area contributed by atoms with Crippen molar-refractivity contribution in [2.24, 2.45) is 0 Å². The van der Waals surface area contributed by atoms with E-state index < -0.39 is 0 Å². The molecule has 0 aliphatic carbocycles. The van der Waals surface area contributed by atoms with Gasteiger partial charge >= 0.3 is 0 Å². The third-order valence-corrected chi connectivity index (χ3v) is 3.64. The van der Waals surface area contributed by atoms with E-state index in [2.05, 4.69) is 20.5 Å². The standard InChI is InChI=1S/C15H16ClN5O/c1-3-5-13(22)18-14-15-20-19-12(4-2)21(15)11-8-9(16)6-7-10(11)17-14/h6-8H,3-5H2,1-2H3,(H,17,18,22). The van der Waals surface area contributed by atoms with E-state index >= 15 is 0 Å². The fraction of sp³-hybridized carbons (Fsp3) is 0.333. The molecule has 0 aliphatic heterocycles. The van der Waals surface area contributed by atoms with Gasteiger partial charge < -0.3 is 5.32 Å². The molecule has 114 valence electrons. The fourth-order valence-electron chi connectivity index (χ4n) is 2.40. The van der Waals surface area contributed by atoms with E-state index in [1.54, 1.807) is 6.07 Å². The Morgan fingerprint density at radius 2 is 2.14 bits per heavy atom. The fourth-order valence-corrected chi connectivity index (χ4v) is 2.56. The van der Waals surface area contributed by atoms with Crippen molar-refractivity contribution in [3.63, 3.8) is 0 Å². The largest absolute Gasteiger partial charge is 0.307 e. The zero-order valence-corrected chi connectivity index (χ0v) is 13.2. The highest BCUT2D eigenvalue weighted by Crippen LogP contribution is 2.24. The van der Waals surface area contributed by atoms with Gasteiger partial charge in [-0.1, -0.05) is 25.4 Å². The lowest BCUT2D eigenvalue weighted by atomic mass is 10.3. The van der Waals surface area contributed by atoms with Crippen molar-refractivity contribution >= 4 is 40.0 Å². The summed E-state index contributed by atoms with van der Waals surface area (Å²) >= 11 is 6.10. The number of nitrogens with zero attached hydrogens (tertiary/aromatic N) is 4. The molecule has 0 atom stereocenters. The molecule has 0 radical (unpaired) electrons. The number of aromatic nitrogens is 4. The van der Waals surface area contributed by atoms with Crippen molar-refractivity contribution in [1.29, 1.82) is 0 Å². The van der Waals surface area contributed by atoms with Gasteiger partial charge in [0.05, 0.1) is 11.0 Å². The van der Waals surface area contributed by atoms with Crippen LogP contribution < -0.4 is 5.32 Å². The number of hydrogen-bond acceptors (Lipinski definition) is 4. The Morgan fingerprint density at radius 1 is 1.32 bits per heavy atom. The van der Waals surface area contributed by atoms with Crippen LogP contribution in [0.2, 0.25) is 5.02 Å². The van der Waals surface area contributed by atoms with Crippen LogP contribution in [0.25, 0.3) is 16.7 Å². The Bertz CT molecular complexity index is 858. The molecule has 6 nitrogen and oxygen atoms in total. The molecule has 2 aromatic heterocycles. The Labute approximate surface area is 132 Å². The van der Waals surface area contributed by atoms with Crippen molar-refractivity contribution in [3.05, 3.63) is 29.0 Å². The van der Waals surface area contributed by atoms with Crippen LogP contribution in [0.15, 0.2) is 18.2 Å². The van der Waals surface area contributed by atoms with Gasteiger partial charge in [0.25, 0.3) is 0 Å². The number of halogens is 1. The van der Waals surface area contributed by atoms with Gasteiger partial charge in [0.15, 0.2) is 5.82 Å². The molecule has 1 N–H and O–H groups in total. The molecule has 1 aromatic carbocycles. The maximum absolute atomic E-state index is 11.9. The molecule has 22 heavy (non-hydrogen) atoms. The third-order valence-electron chi connectivity index (χ3n) is 3.40. The van der Waals surface area contributed by atoms with Crippen LogP contribution in [0.5, 0.6) is 0 Å². The van der Waals surface area contributed by atoms with Crippen LogP contribution in [0, 0.1) is 0 Å². The number of nitrogens with one attached hydrogen (secondary N) is 1. The molecule has 2 heterocycles. The van der Waals surface area contributed by atoms with E-state index in [9.17, 15) is 4.79 Å². The number of anilines is 1. The van der Waals surface area contributed by atoms with Crippen molar-refractivity contribution in [2.75, 3.05) is 5.32 Å². The molecule has 1 amide bonds. The molecule has 0 spiro atoms. The summed E-state index contributed by atoms with van der Waals surface area (Å²) in [7, 11) is 0. The topological polar surface area (TPSA) is 72.2 Å². The number of carbonyl (C=O) groups is 1. The summed E-state index contributed by atoms with van der Waals surface area (Å²) in [6.45, 7) is 3.96. The zero-order chi connectivity index (χ0) is 15.7. The number of amides is 1. The maximum Gasteiger partial charge on any atom is 0.225 e. The molecule has 0 saturated heterocycles. The van der Waals surface area contributed by atoms with Gasteiger partial charge in [0.1, 0.15) is 5.82 Å². The van der Waals surface area contributed by atoms with Gasteiger partial charge in [-0.3, -0.25) is 9.20 Å². The lowest BCUT2D eigenvalue weighted by Gasteiger charge is -2.09.